The van der Waals surface area contributed by atoms with Gasteiger partial charge in [0.15, 0.2) is 0 Å². The molecule has 0 amide bonds. The molecular formula is C20H23Cl3N2O3. The van der Waals surface area contributed by atoms with Crippen LogP contribution in [-0.2, 0) is 16.1 Å². The van der Waals surface area contributed by atoms with Crippen molar-refractivity contribution in [2.24, 2.45) is 0 Å². The highest BCUT2D eigenvalue weighted by atomic mass is 35.5. The van der Waals surface area contributed by atoms with Gasteiger partial charge in [-0.3, -0.25) is 9.69 Å². The van der Waals surface area contributed by atoms with E-state index in [0.717, 1.165) is 23.4 Å². The van der Waals surface area contributed by atoms with Crippen LogP contribution >= 0.6 is 35.6 Å². The lowest BCUT2D eigenvalue weighted by atomic mass is 10.1. The van der Waals surface area contributed by atoms with Gasteiger partial charge in [-0.2, -0.15) is 0 Å². The molecule has 1 heterocycles. The normalized spacial score (nSPS) is 17.0. The Morgan fingerprint density at radius 1 is 1.18 bits per heavy atom. The highest BCUT2D eigenvalue weighted by Crippen LogP contribution is 2.27. The first-order valence-corrected chi connectivity index (χ1v) is 9.61. The van der Waals surface area contributed by atoms with Crippen LogP contribution in [0.4, 0.5) is 5.69 Å². The van der Waals surface area contributed by atoms with Crippen molar-refractivity contribution in [3.05, 3.63) is 63.6 Å². The number of nitrogens with one attached hydrogen (secondary N) is 1. The molecule has 1 unspecified atom stereocenters. The molecule has 0 aromatic heterocycles. The van der Waals surface area contributed by atoms with Gasteiger partial charge in [0.2, 0.25) is 0 Å². The second-order valence-corrected chi connectivity index (χ2v) is 7.29. The zero-order valence-corrected chi connectivity index (χ0v) is 17.6. The van der Waals surface area contributed by atoms with Crippen molar-refractivity contribution < 1.29 is 14.6 Å². The van der Waals surface area contributed by atoms with E-state index in [9.17, 15) is 4.79 Å². The van der Waals surface area contributed by atoms with Crippen molar-refractivity contribution in [1.29, 1.82) is 0 Å². The Bertz CT molecular complexity index is 767. The summed E-state index contributed by atoms with van der Waals surface area (Å²) in [7, 11) is 0. The summed E-state index contributed by atoms with van der Waals surface area (Å²) in [5.41, 5.74) is 2.92. The van der Waals surface area contributed by atoms with E-state index in [1.807, 2.05) is 42.5 Å². The molecule has 28 heavy (non-hydrogen) atoms. The molecule has 2 N–H and O–H groups in total. The Morgan fingerprint density at radius 3 is 2.50 bits per heavy atom. The predicted molar refractivity (Wildman–Crippen MR) is 115 cm³/mol. The predicted octanol–water partition coefficient (Wildman–Crippen LogP) is 4.88. The Balaban J connectivity index is 0.00000280. The fourth-order valence-corrected chi connectivity index (χ4v) is 3.60. The Morgan fingerprint density at radius 2 is 1.86 bits per heavy atom. The van der Waals surface area contributed by atoms with Crippen LogP contribution in [0.25, 0.3) is 0 Å². The second-order valence-electron chi connectivity index (χ2n) is 6.48. The van der Waals surface area contributed by atoms with Crippen molar-refractivity contribution in [1.82, 2.24) is 4.90 Å². The van der Waals surface area contributed by atoms with Crippen molar-refractivity contribution in [2.45, 2.75) is 19.1 Å². The molecular weight excluding hydrogens is 423 g/mol. The summed E-state index contributed by atoms with van der Waals surface area (Å²) >= 11 is 12.4. The largest absolute Gasteiger partial charge is 0.481 e. The fourth-order valence-electron chi connectivity index (χ4n) is 3.07. The minimum absolute atomic E-state index is 0. The number of morpholine rings is 1. The van der Waals surface area contributed by atoms with Crippen LogP contribution in [0.2, 0.25) is 10.0 Å². The molecule has 5 nitrogen and oxygen atoms in total. The molecule has 0 spiro atoms. The SMILES string of the molecule is Cl.O=C(O)CCN1CCOC(c2ccc(NCc3c(Cl)cccc3Cl)cc2)C1. The molecule has 1 atom stereocenters. The number of ether oxygens (including phenoxy) is 1. The number of nitrogens with zero attached hydrogens (tertiary/aromatic N) is 1. The summed E-state index contributed by atoms with van der Waals surface area (Å²) in [6.45, 7) is 3.17. The summed E-state index contributed by atoms with van der Waals surface area (Å²) < 4.78 is 5.86. The smallest absolute Gasteiger partial charge is 0.304 e. The molecule has 1 aliphatic rings. The van der Waals surface area contributed by atoms with E-state index in [1.165, 1.54) is 0 Å². The van der Waals surface area contributed by atoms with E-state index in [1.54, 1.807) is 0 Å². The first-order valence-electron chi connectivity index (χ1n) is 8.85. The van der Waals surface area contributed by atoms with Crippen LogP contribution in [0, 0.1) is 0 Å². The minimum Gasteiger partial charge on any atom is -0.481 e. The van der Waals surface area contributed by atoms with E-state index in [-0.39, 0.29) is 24.9 Å². The van der Waals surface area contributed by atoms with Gasteiger partial charge in [-0.05, 0) is 29.8 Å². The Kier molecular flexibility index (Phi) is 8.86. The van der Waals surface area contributed by atoms with Crippen molar-refractivity contribution in [3.8, 4) is 0 Å². The maximum atomic E-state index is 10.8. The lowest BCUT2D eigenvalue weighted by Gasteiger charge is -2.32. The van der Waals surface area contributed by atoms with Crippen LogP contribution in [0.15, 0.2) is 42.5 Å². The maximum absolute atomic E-state index is 10.8. The number of benzene rings is 2. The summed E-state index contributed by atoms with van der Waals surface area (Å²) in [4.78, 5) is 12.9. The third-order valence-electron chi connectivity index (χ3n) is 4.61. The van der Waals surface area contributed by atoms with E-state index < -0.39 is 5.97 Å². The number of halogens is 3. The van der Waals surface area contributed by atoms with Crippen LogP contribution in [0.1, 0.15) is 23.7 Å². The fraction of sp³-hybridized carbons (Fsp3) is 0.350. The topological polar surface area (TPSA) is 61.8 Å². The summed E-state index contributed by atoms with van der Waals surface area (Å²) in [5.74, 6) is -0.771. The van der Waals surface area contributed by atoms with Gasteiger partial charge < -0.3 is 15.2 Å². The zero-order valence-electron chi connectivity index (χ0n) is 15.2. The number of carbonyl (C=O) groups is 1. The van der Waals surface area contributed by atoms with Crippen LogP contribution in [0.5, 0.6) is 0 Å². The molecule has 3 rings (SSSR count). The molecule has 0 radical (unpaired) electrons. The first-order chi connectivity index (χ1) is 13.0. The lowest BCUT2D eigenvalue weighted by Crippen LogP contribution is -2.39. The zero-order chi connectivity index (χ0) is 19.2. The van der Waals surface area contributed by atoms with E-state index in [4.69, 9.17) is 33.0 Å². The van der Waals surface area contributed by atoms with Crippen LogP contribution < -0.4 is 5.32 Å². The highest BCUT2D eigenvalue weighted by molar-refractivity contribution is 6.36. The number of anilines is 1. The lowest BCUT2D eigenvalue weighted by molar-refractivity contribution is -0.137. The number of rotatable bonds is 7. The molecule has 0 saturated carbocycles. The van der Waals surface area contributed by atoms with Gasteiger partial charge >= 0.3 is 5.97 Å². The van der Waals surface area contributed by atoms with Crippen molar-refractivity contribution >= 4 is 47.3 Å². The van der Waals surface area contributed by atoms with Gasteiger partial charge in [-0.25, -0.2) is 0 Å². The third-order valence-corrected chi connectivity index (χ3v) is 5.31. The molecule has 1 fully saturated rings. The quantitative estimate of drug-likeness (QED) is 0.636. The van der Waals surface area contributed by atoms with Gasteiger partial charge in [-0.1, -0.05) is 41.4 Å². The minimum atomic E-state index is -0.771. The molecule has 152 valence electrons. The molecule has 2 aromatic carbocycles. The molecule has 8 heteroatoms. The van der Waals surface area contributed by atoms with Crippen molar-refractivity contribution in [3.63, 3.8) is 0 Å². The molecule has 1 saturated heterocycles. The molecule has 0 bridgehead atoms. The number of carboxylic acids is 1. The second kappa shape index (κ2) is 10.9. The average Bonchev–Trinajstić information content (AvgIpc) is 2.67. The summed E-state index contributed by atoms with van der Waals surface area (Å²) in [6.07, 6.45) is 0.111. The van der Waals surface area contributed by atoms with Gasteiger partial charge in [0.1, 0.15) is 0 Å². The van der Waals surface area contributed by atoms with Crippen LogP contribution in [-0.4, -0.2) is 42.2 Å². The standard InChI is InChI=1S/C20H22Cl2N2O3.ClH/c21-17-2-1-3-18(22)16(17)12-23-15-6-4-14(5-7-15)19-13-24(10-11-27-19)9-8-20(25)26;/h1-7,19,23H,8-13H2,(H,25,26);1H. The summed E-state index contributed by atoms with van der Waals surface area (Å²) in [5, 5.41) is 13.5. The van der Waals surface area contributed by atoms with E-state index in [0.29, 0.717) is 36.3 Å². The number of aliphatic carboxylic acids is 1. The molecule has 1 aliphatic heterocycles. The number of hydrogen-bond acceptors (Lipinski definition) is 4. The van der Waals surface area contributed by atoms with E-state index >= 15 is 0 Å². The third kappa shape index (κ3) is 6.26. The Hall–Kier alpha value is -1.50. The van der Waals surface area contributed by atoms with E-state index in [2.05, 4.69) is 10.2 Å². The summed E-state index contributed by atoms with van der Waals surface area (Å²) in [6, 6.07) is 13.5. The number of carboxylic acid groups (broad SMARTS) is 1. The molecule has 0 aliphatic carbocycles. The van der Waals surface area contributed by atoms with Gasteiger partial charge in [0, 0.05) is 47.5 Å². The first kappa shape index (κ1) is 22.8. The maximum Gasteiger partial charge on any atom is 0.304 e. The van der Waals surface area contributed by atoms with Gasteiger partial charge in [-0.15, -0.1) is 12.4 Å². The molecule has 2 aromatic rings. The number of hydrogen-bond donors (Lipinski definition) is 2. The average molecular weight is 446 g/mol. The van der Waals surface area contributed by atoms with Gasteiger partial charge in [0.25, 0.3) is 0 Å². The van der Waals surface area contributed by atoms with Crippen molar-refractivity contribution in [2.75, 3.05) is 31.6 Å². The Labute approximate surface area is 181 Å². The van der Waals surface area contributed by atoms with Crippen LogP contribution in [0.3, 0.4) is 0 Å². The highest BCUT2D eigenvalue weighted by Gasteiger charge is 2.22. The van der Waals surface area contributed by atoms with Gasteiger partial charge in [0.05, 0.1) is 19.1 Å². The monoisotopic (exact) mass is 444 g/mol.